The maximum absolute atomic E-state index is 13.7. The SMILES string of the molecule is CC[C@H](C)[C@H](NC(=O)[C@H](CC(=O)O)NC(=O)[C@@H](N)CCCN=C(N)N)C(=O)N[C@@H](CC(C)C)C(=O)N[C@@H](CC(N)=O)C(=O)N[C@@H](CCC(N)=O)C(=O)O. The lowest BCUT2D eigenvalue weighted by molar-refractivity contribution is -0.143. The molecule has 0 unspecified atom stereocenters. The van der Waals surface area contributed by atoms with Crippen LogP contribution in [0.1, 0.15) is 79.1 Å². The van der Waals surface area contributed by atoms with Gasteiger partial charge < -0.3 is 65.5 Å². The molecule has 7 atom stereocenters. The monoisotopic (exact) mass is 757 g/mol. The second kappa shape index (κ2) is 23.8. The molecule has 17 N–H and O–H groups in total. The van der Waals surface area contributed by atoms with Gasteiger partial charge in [0.1, 0.15) is 30.2 Å². The van der Waals surface area contributed by atoms with Crippen LogP contribution in [-0.2, 0) is 43.2 Å². The summed E-state index contributed by atoms with van der Waals surface area (Å²) >= 11 is 0. The van der Waals surface area contributed by atoms with Gasteiger partial charge in [0.05, 0.1) is 18.9 Å². The van der Waals surface area contributed by atoms with E-state index in [4.69, 9.17) is 28.7 Å². The van der Waals surface area contributed by atoms with Crippen molar-refractivity contribution in [3.63, 3.8) is 0 Å². The largest absolute Gasteiger partial charge is 0.481 e. The van der Waals surface area contributed by atoms with Gasteiger partial charge in [-0.1, -0.05) is 34.1 Å². The number of nitrogens with zero attached hydrogens (tertiary/aromatic N) is 1. The topological polar surface area (TPSA) is 397 Å². The van der Waals surface area contributed by atoms with Gasteiger partial charge in [0.25, 0.3) is 0 Å². The number of rotatable bonds is 26. The van der Waals surface area contributed by atoms with Crippen LogP contribution in [0, 0.1) is 11.8 Å². The van der Waals surface area contributed by atoms with Crippen LogP contribution in [0.15, 0.2) is 4.99 Å². The van der Waals surface area contributed by atoms with Gasteiger partial charge in [-0.3, -0.25) is 43.3 Å². The Morgan fingerprint density at radius 3 is 1.64 bits per heavy atom. The molecule has 0 aliphatic heterocycles. The summed E-state index contributed by atoms with van der Waals surface area (Å²) in [5.74, 6) is -10.6. The number of carboxylic acid groups (broad SMARTS) is 2. The Labute approximate surface area is 306 Å². The lowest BCUT2D eigenvalue weighted by Gasteiger charge is -2.29. The van der Waals surface area contributed by atoms with Crippen LogP contribution in [-0.4, -0.2) is 112 Å². The van der Waals surface area contributed by atoms with Crippen molar-refractivity contribution in [1.82, 2.24) is 26.6 Å². The Kier molecular flexibility index (Phi) is 21.3. The molecule has 0 spiro atoms. The highest BCUT2D eigenvalue weighted by molar-refractivity contribution is 5.98. The number of primary amides is 2. The second-order valence-electron chi connectivity index (χ2n) is 12.9. The highest BCUT2D eigenvalue weighted by Crippen LogP contribution is 2.12. The standard InChI is InChI=1S/C31H55N11O11/c1-5-15(4)24(42-28(50)20(13-23(45)46)39-25(47)16(32)7-6-10-37-31(35)36)29(51)41-18(11-14(2)3)26(48)40-19(12-22(34)44)27(49)38-17(30(52)53)8-9-21(33)43/h14-20,24H,5-13,32H2,1-4H3,(H2,33,43)(H2,34,44)(H,38,49)(H,39,47)(H,40,48)(H,41,51)(H,42,50)(H,45,46)(H,52,53)(H4,35,36,37)/t15-,16-,17-,18-,19-,20-,24-/m0/s1. The number of aliphatic carboxylic acids is 2. The number of carbonyl (C=O) groups excluding carboxylic acids is 7. The molecular formula is C31H55N11O11. The van der Waals surface area contributed by atoms with Crippen LogP contribution in [0.3, 0.4) is 0 Å². The van der Waals surface area contributed by atoms with Gasteiger partial charge in [0.15, 0.2) is 5.96 Å². The number of hydrogen-bond donors (Lipinski definition) is 12. The number of carbonyl (C=O) groups is 9. The van der Waals surface area contributed by atoms with Gasteiger partial charge in [-0.05, 0) is 37.5 Å². The predicted octanol–water partition coefficient (Wildman–Crippen LogP) is -4.42. The van der Waals surface area contributed by atoms with Crippen molar-refractivity contribution in [1.29, 1.82) is 0 Å². The van der Waals surface area contributed by atoms with E-state index in [0.29, 0.717) is 12.8 Å². The molecule has 300 valence electrons. The molecule has 0 aliphatic rings. The van der Waals surface area contributed by atoms with Crippen molar-refractivity contribution in [2.24, 2.45) is 45.5 Å². The van der Waals surface area contributed by atoms with Crippen LogP contribution in [0.2, 0.25) is 0 Å². The zero-order valence-corrected chi connectivity index (χ0v) is 30.4. The summed E-state index contributed by atoms with van der Waals surface area (Å²) in [6.07, 6.45) is -1.69. The van der Waals surface area contributed by atoms with Crippen LogP contribution in [0.25, 0.3) is 0 Å². The normalized spacial score (nSPS) is 14.8. The van der Waals surface area contributed by atoms with E-state index >= 15 is 0 Å². The van der Waals surface area contributed by atoms with E-state index in [9.17, 15) is 53.4 Å². The van der Waals surface area contributed by atoms with Crippen molar-refractivity contribution in [2.45, 2.75) is 115 Å². The molecule has 0 aromatic rings. The van der Waals surface area contributed by atoms with E-state index in [2.05, 4.69) is 31.6 Å². The number of amides is 7. The second-order valence-corrected chi connectivity index (χ2v) is 12.9. The minimum Gasteiger partial charge on any atom is -0.481 e. The fourth-order valence-corrected chi connectivity index (χ4v) is 4.73. The molecule has 22 nitrogen and oxygen atoms in total. The van der Waals surface area contributed by atoms with E-state index in [-0.39, 0.29) is 44.1 Å². The van der Waals surface area contributed by atoms with Gasteiger partial charge in [-0.15, -0.1) is 0 Å². The fraction of sp³-hybridized carbons (Fsp3) is 0.677. The molecule has 0 rings (SSSR count). The van der Waals surface area contributed by atoms with Crippen LogP contribution in [0.5, 0.6) is 0 Å². The molecule has 0 aliphatic carbocycles. The quantitative estimate of drug-likeness (QED) is 0.0225. The third kappa shape index (κ3) is 19.6. The van der Waals surface area contributed by atoms with Gasteiger partial charge in [-0.25, -0.2) is 4.79 Å². The summed E-state index contributed by atoms with van der Waals surface area (Å²) in [5, 5.41) is 30.6. The first-order valence-electron chi connectivity index (χ1n) is 16.9. The summed E-state index contributed by atoms with van der Waals surface area (Å²) in [6.45, 7) is 6.91. The van der Waals surface area contributed by atoms with Crippen molar-refractivity contribution < 1.29 is 53.4 Å². The molecular weight excluding hydrogens is 702 g/mol. The number of aliphatic imine (C=N–C) groups is 1. The number of guanidine groups is 1. The van der Waals surface area contributed by atoms with Crippen LogP contribution in [0.4, 0.5) is 0 Å². The summed E-state index contributed by atoms with van der Waals surface area (Å²) in [4.78, 5) is 116. The third-order valence-corrected chi connectivity index (χ3v) is 7.78. The van der Waals surface area contributed by atoms with Gasteiger partial charge in [0.2, 0.25) is 41.4 Å². The van der Waals surface area contributed by atoms with E-state index in [1.54, 1.807) is 27.7 Å². The molecule has 0 aromatic carbocycles. The van der Waals surface area contributed by atoms with E-state index in [0.717, 1.165) is 0 Å². The van der Waals surface area contributed by atoms with Crippen molar-refractivity contribution in [3.05, 3.63) is 0 Å². The molecule has 0 bridgehead atoms. The molecule has 0 radical (unpaired) electrons. The van der Waals surface area contributed by atoms with Crippen LogP contribution >= 0.6 is 0 Å². The summed E-state index contributed by atoms with van der Waals surface area (Å²) < 4.78 is 0. The van der Waals surface area contributed by atoms with Crippen molar-refractivity contribution in [3.8, 4) is 0 Å². The number of hydrogen-bond acceptors (Lipinski definition) is 11. The molecule has 7 amide bonds. The highest BCUT2D eigenvalue weighted by Gasteiger charge is 2.35. The Morgan fingerprint density at radius 1 is 0.642 bits per heavy atom. The first-order chi connectivity index (χ1) is 24.6. The molecule has 53 heavy (non-hydrogen) atoms. The Morgan fingerprint density at radius 2 is 1.15 bits per heavy atom. The lowest BCUT2D eigenvalue weighted by atomic mass is 9.96. The first-order valence-corrected chi connectivity index (χ1v) is 16.9. The van der Waals surface area contributed by atoms with E-state index in [1.165, 1.54) is 0 Å². The minimum absolute atomic E-state index is 0.0151. The predicted molar refractivity (Wildman–Crippen MR) is 189 cm³/mol. The number of nitrogens with one attached hydrogen (secondary N) is 5. The molecule has 0 aromatic heterocycles. The Hall–Kier alpha value is -5.54. The van der Waals surface area contributed by atoms with Gasteiger partial charge in [-0.2, -0.15) is 0 Å². The van der Waals surface area contributed by atoms with E-state index in [1.807, 2.05) is 0 Å². The third-order valence-electron chi connectivity index (χ3n) is 7.78. The fourth-order valence-electron chi connectivity index (χ4n) is 4.73. The molecule has 22 heteroatoms. The maximum Gasteiger partial charge on any atom is 0.326 e. The summed E-state index contributed by atoms with van der Waals surface area (Å²) in [5.41, 5.74) is 26.8. The van der Waals surface area contributed by atoms with Crippen molar-refractivity contribution in [2.75, 3.05) is 6.54 Å². The lowest BCUT2D eigenvalue weighted by Crippen LogP contribution is -2.61. The van der Waals surface area contributed by atoms with Crippen molar-refractivity contribution >= 4 is 59.2 Å². The number of nitrogens with two attached hydrogens (primary N) is 5. The smallest absolute Gasteiger partial charge is 0.326 e. The first kappa shape index (κ1) is 47.5. The Balaban J connectivity index is 6.14. The maximum atomic E-state index is 13.7. The zero-order chi connectivity index (χ0) is 41.0. The zero-order valence-electron chi connectivity index (χ0n) is 30.4. The molecule has 0 saturated heterocycles. The average Bonchev–Trinajstić information content (AvgIpc) is 3.04. The van der Waals surface area contributed by atoms with Gasteiger partial charge >= 0.3 is 11.9 Å². The Bertz CT molecular complexity index is 1350. The van der Waals surface area contributed by atoms with Gasteiger partial charge in [0, 0.05) is 13.0 Å². The summed E-state index contributed by atoms with van der Waals surface area (Å²) in [6, 6.07) is -8.82. The summed E-state index contributed by atoms with van der Waals surface area (Å²) in [7, 11) is 0. The molecule has 0 fully saturated rings. The average molecular weight is 758 g/mol. The minimum atomic E-state index is -1.69. The van der Waals surface area contributed by atoms with E-state index < -0.39 is 108 Å². The van der Waals surface area contributed by atoms with Crippen LogP contribution < -0.4 is 55.3 Å². The molecule has 0 heterocycles. The number of carboxylic acids is 2. The highest BCUT2D eigenvalue weighted by atomic mass is 16.4. The molecule has 0 saturated carbocycles.